The lowest BCUT2D eigenvalue weighted by Gasteiger charge is -2.09. The monoisotopic (exact) mass is 216 g/mol. The van der Waals surface area contributed by atoms with Crippen LogP contribution in [-0.4, -0.2) is 9.78 Å². The van der Waals surface area contributed by atoms with Crippen LogP contribution in [0.15, 0.2) is 11.0 Å². The van der Waals surface area contributed by atoms with Crippen molar-refractivity contribution in [2.45, 2.75) is 20.4 Å². The molecule has 0 aromatic carbocycles. The molecule has 0 spiro atoms. The highest BCUT2D eigenvalue weighted by Crippen LogP contribution is 2.13. The maximum Gasteiger partial charge on any atom is 0.287 e. The molecule has 1 aromatic heterocycles. The summed E-state index contributed by atoms with van der Waals surface area (Å²) in [7, 11) is 0. The lowest BCUT2D eigenvalue weighted by atomic mass is 10.2. The molecule has 5 nitrogen and oxygen atoms in total. The molecule has 14 heavy (non-hydrogen) atoms. The number of hydrazine groups is 1. The fraction of sp³-hybridized carbons (Fsp3) is 0.500. The van der Waals surface area contributed by atoms with E-state index in [0.29, 0.717) is 18.2 Å². The molecular formula is C8H13ClN4O. The van der Waals surface area contributed by atoms with E-state index < -0.39 is 0 Å². The molecule has 1 aromatic rings. The summed E-state index contributed by atoms with van der Waals surface area (Å²) in [5.41, 5.74) is 2.33. The minimum absolute atomic E-state index is 0.0724. The highest BCUT2D eigenvalue weighted by molar-refractivity contribution is 6.32. The van der Waals surface area contributed by atoms with E-state index in [9.17, 15) is 4.79 Å². The van der Waals surface area contributed by atoms with Crippen molar-refractivity contribution in [3.05, 3.63) is 21.6 Å². The third-order valence-electron chi connectivity index (χ3n) is 1.68. The van der Waals surface area contributed by atoms with Gasteiger partial charge in [0.15, 0.2) is 0 Å². The molecule has 0 radical (unpaired) electrons. The molecule has 0 saturated heterocycles. The van der Waals surface area contributed by atoms with Gasteiger partial charge in [0, 0.05) is 6.54 Å². The Morgan fingerprint density at radius 3 is 2.86 bits per heavy atom. The molecule has 1 heterocycles. The summed E-state index contributed by atoms with van der Waals surface area (Å²) in [6.07, 6.45) is 1.44. The van der Waals surface area contributed by atoms with Crippen LogP contribution in [0.25, 0.3) is 0 Å². The van der Waals surface area contributed by atoms with E-state index in [1.807, 2.05) is 13.8 Å². The zero-order valence-electron chi connectivity index (χ0n) is 8.12. The molecule has 0 aliphatic heterocycles. The van der Waals surface area contributed by atoms with Crippen molar-refractivity contribution in [3.63, 3.8) is 0 Å². The van der Waals surface area contributed by atoms with Crippen molar-refractivity contribution in [1.82, 2.24) is 9.78 Å². The van der Waals surface area contributed by atoms with E-state index in [4.69, 9.17) is 17.4 Å². The average molecular weight is 217 g/mol. The van der Waals surface area contributed by atoms with Gasteiger partial charge in [0.05, 0.1) is 11.9 Å². The van der Waals surface area contributed by atoms with Crippen LogP contribution in [0.2, 0.25) is 5.02 Å². The Morgan fingerprint density at radius 1 is 1.71 bits per heavy atom. The van der Waals surface area contributed by atoms with Gasteiger partial charge in [-0.2, -0.15) is 5.10 Å². The van der Waals surface area contributed by atoms with Gasteiger partial charge in [0.1, 0.15) is 5.02 Å². The molecule has 3 N–H and O–H groups in total. The third-order valence-corrected chi connectivity index (χ3v) is 2.04. The quantitative estimate of drug-likeness (QED) is 0.580. The number of halogens is 1. The summed E-state index contributed by atoms with van der Waals surface area (Å²) in [5, 5.41) is 4.00. The van der Waals surface area contributed by atoms with Crippen molar-refractivity contribution in [3.8, 4) is 0 Å². The van der Waals surface area contributed by atoms with Crippen molar-refractivity contribution in [2.24, 2.45) is 11.8 Å². The molecule has 78 valence electrons. The maximum absolute atomic E-state index is 11.6. The Bertz CT molecular complexity index is 374. The minimum Gasteiger partial charge on any atom is -0.321 e. The first-order valence-electron chi connectivity index (χ1n) is 4.28. The molecular weight excluding hydrogens is 204 g/mol. The highest BCUT2D eigenvalue weighted by Gasteiger charge is 2.08. The van der Waals surface area contributed by atoms with Gasteiger partial charge in [-0.3, -0.25) is 10.6 Å². The zero-order valence-corrected chi connectivity index (χ0v) is 8.88. The smallest absolute Gasteiger partial charge is 0.287 e. The Labute approximate surface area is 86.8 Å². The number of nitrogens with two attached hydrogens (primary N) is 1. The summed E-state index contributed by atoms with van der Waals surface area (Å²) in [5.74, 6) is 5.49. The van der Waals surface area contributed by atoms with E-state index in [1.54, 1.807) is 0 Å². The standard InChI is InChI=1S/C8H13ClN4O/c1-5(2)4-13-8(14)7(9)6(12-10)3-11-13/h3,5,12H,4,10H2,1-2H3. The van der Waals surface area contributed by atoms with Gasteiger partial charge in [-0.15, -0.1) is 0 Å². The summed E-state index contributed by atoms with van der Waals surface area (Å²) in [4.78, 5) is 11.6. The van der Waals surface area contributed by atoms with Crippen molar-refractivity contribution in [1.29, 1.82) is 0 Å². The largest absolute Gasteiger partial charge is 0.321 e. The van der Waals surface area contributed by atoms with E-state index in [2.05, 4.69) is 10.5 Å². The van der Waals surface area contributed by atoms with Gasteiger partial charge in [0.25, 0.3) is 5.56 Å². The zero-order chi connectivity index (χ0) is 10.7. The van der Waals surface area contributed by atoms with E-state index >= 15 is 0 Å². The van der Waals surface area contributed by atoms with Crippen LogP contribution in [-0.2, 0) is 6.54 Å². The Kier molecular flexibility index (Phi) is 3.49. The number of anilines is 1. The molecule has 0 amide bonds. The minimum atomic E-state index is -0.323. The molecule has 0 bridgehead atoms. The first kappa shape index (κ1) is 11.0. The van der Waals surface area contributed by atoms with Gasteiger partial charge in [-0.25, -0.2) is 4.68 Å². The molecule has 0 unspecified atom stereocenters. The summed E-state index contributed by atoms with van der Waals surface area (Å²) in [6.45, 7) is 4.54. The first-order valence-corrected chi connectivity index (χ1v) is 4.66. The predicted octanol–water partition coefficient (Wildman–Crippen LogP) is 0.838. The van der Waals surface area contributed by atoms with Crippen molar-refractivity contribution < 1.29 is 0 Å². The van der Waals surface area contributed by atoms with Gasteiger partial charge in [-0.05, 0) is 5.92 Å². The second-order valence-electron chi connectivity index (χ2n) is 3.40. The van der Waals surface area contributed by atoms with Crippen LogP contribution in [0.5, 0.6) is 0 Å². The van der Waals surface area contributed by atoms with Crippen LogP contribution in [0, 0.1) is 5.92 Å². The van der Waals surface area contributed by atoms with Crippen LogP contribution >= 0.6 is 11.6 Å². The Balaban J connectivity index is 3.11. The van der Waals surface area contributed by atoms with Crippen LogP contribution in [0.4, 0.5) is 5.69 Å². The number of hydrogen-bond donors (Lipinski definition) is 2. The van der Waals surface area contributed by atoms with Crippen molar-refractivity contribution >= 4 is 17.3 Å². The van der Waals surface area contributed by atoms with E-state index in [-0.39, 0.29) is 10.6 Å². The fourth-order valence-electron chi connectivity index (χ4n) is 1.04. The lowest BCUT2D eigenvalue weighted by molar-refractivity contribution is 0.464. The van der Waals surface area contributed by atoms with Gasteiger partial charge < -0.3 is 5.43 Å². The number of nitrogens with zero attached hydrogens (tertiary/aromatic N) is 2. The van der Waals surface area contributed by atoms with Gasteiger partial charge in [0.2, 0.25) is 0 Å². The highest BCUT2D eigenvalue weighted by atomic mass is 35.5. The van der Waals surface area contributed by atoms with Crippen LogP contribution < -0.4 is 16.8 Å². The molecule has 1 rings (SSSR count). The molecule has 0 atom stereocenters. The first-order chi connectivity index (χ1) is 6.56. The molecule has 6 heteroatoms. The second-order valence-corrected chi connectivity index (χ2v) is 3.78. The van der Waals surface area contributed by atoms with Gasteiger partial charge in [-0.1, -0.05) is 25.4 Å². The third kappa shape index (κ3) is 2.24. The van der Waals surface area contributed by atoms with Crippen LogP contribution in [0.3, 0.4) is 0 Å². The molecule has 0 aliphatic rings. The summed E-state index contributed by atoms with van der Waals surface area (Å²) < 4.78 is 1.33. The SMILES string of the molecule is CC(C)Cn1ncc(NN)c(Cl)c1=O. The van der Waals surface area contributed by atoms with Gasteiger partial charge >= 0.3 is 0 Å². The van der Waals surface area contributed by atoms with Crippen molar-refractivity contribution in [2.75, 3.05) is 5.43 Å². The van der Waals surface area contributed by atoms with Crippen LogP contribution in [0.1, 0.15) is 13.8 Å². The number of hydrogen-bond acceptors (Lipinski definition) is 4. The van der Waals surface area contributed by atoms with E-state index in [0.717, 1.165) is 0 Å². The number of nitrogens with one attached hydrogen (secondary N) is 1. The second kappa shape index (κ2) is 4.43. The maximum atomic E-state index is 11.6. The molecule has 0 fully saturated rings. The fourth-order valence-corrected chi connectivity index (χ4v) is 1.24. The molecule has 0 saturated carbocycles. The lowest BCUT2D eigenvalue weighted by Crippen LogP contribution is -2.26. The predicted molar refractivity (Wildman–Crippen MR) is 56.2 cm³/mol. The summed E-state index contributed by atoms with van der Waals surface area (Å²) in [6, 6.07) is 0. The summed E-state index contributed by atoms with van der Waals surface area (Å²) >= 11 is 5.77. The normalized spacial score (nSPS) is 10.6. The molecule has 0 aliphatic carbocycles. The Morgan fingerprint density at radius 2 is 2.36 bits per heavy atom. The number of rotatable bonds is 3. The van der Waals surface area contributed by atoms with E-state index in [1.165, 1.54) is 10.9 Å². The number of aromatic nitrogens is 2. The topological polar surface area (TPSA) is 72.9 Å². The number of nitrogen functional groups attached to an aromatic ring is 1. The average Bonchev–Trinajstić information content (AvgIpc) is 2.13. The Hall–Kier alpha value is -1.07.